The molecule has 0 aromatic carbocycles. The number of halogens is 2. The Kier molecular flexibility index (Phi) is 45.2. The van der Waals surface area contributed by atoms with Crippen LogP contribution in [0.2, 0.25) is 0 Å². The molecule has 0 saturated heterocycles. The van der Waals surface area contributed by atoms with E-state index in [1.165, 1.54) is 0 Å². The number of hydrogen-bond acceptors (Lipinski definition) is 4. The van der Waals surface area contributed by atoms with Gasteiger partial charge in [-0.25, -0.2) is 0 Å². The molecule has 0 spiro atoms. The molecule has 0 aromatic heterocycles. The van der Waals surface area contributed by atoms with Gasteiger partial charge in [0, 0.05) is 26.2 Å². The summed E-state index contributed by atoms with van der Waals surface area (Å²) in [7, 11) is 25.9. The molecule has 0 heterocycles. The van der Waals surface area contributed by atoms with Gasteiger partial charge in [-0.3, -0.25) is 13.8 Å². The van der Waals surface area contributed by atoms with Crippen molar-refractivity contribution >= 4 is 18.8 Å². The first kappa shape index (κ1) is 41.1. The molecule has 29 heavy (non-hydrogen) atoms. The quantitative estimate of drug-likeness (QED) is 0.249. The van der Waals surface area contributed by atoms with Gasteiger partial charge in [0.2, 0.25) is 0 Å². The summed E-state index contributed by atoms with van der Waals surface area (Å²) >= 11 is 3.22. The Morgan fingerprint density at radius 3 is 0.759 bits per heavy atom. The van der Waals surface area contributed by atoms with E-state index in [1.54, 1.807) is 37.5 Å². The second kappa shape index (κ2) is 31.9. The molecule has 0 amide bonds. The van der Waals surface area contributed by atoms with Crippen molar-refractivity contribution in [3.63, 3.8) is 0 Å². The Hall–Kier alpha value is 1.76. The zero-order chi connectivity index (χ0) is 24.5. The van der Waals surface area contributed by atoms with Gasteiger partial charge in [-0.15, -0.1) is 0 Å². The van der Waals surface area contributed by atoms with Crippen LogP contribution in [0.25, 0.3) is 0 Å². The van der Waals surface area contributed by atoms with Gasteiger partial charge >= 0.3 is 56.4 Å². The van der Waals surface area contributed by atoms with Crippen molar-refractivity contribution < 1.29 is 42.0 Å². The second-order valence-electron chi connectivity index (χ2n) is 7.63. The van der Waals surface area contributed by atoms with Crippen molar-refractivity contribution in [1.29, 1.82) is 0 Å². The van der Waals surface area contributed by atoms with E-state index in [4.69, 9.17) is 0 Å². The fraction of sp³-hybridized carbons (Fsp3) is 0.900. The van der Waals surface area contributed by atoms with E-state index in [1.807, 2.05) is 0 Å². The Morgan fingerprint density at radius 2 is 0.724 bits per heavy atom. The van der Waals surface area contributed by atoms with Crippen LogP contribution in [-0.4, -0.2) is 133 Å². The van der Waals surface area contributed by atoms with Crippen molar-refractivity contribution in [2.24, 2.45) is 0 Å². The van der Waals surface area contributed by atoms with Crippen LogP contribution in [0.15, 0.2) is 0 Å². The third-order valence-corrected chi connectivity index (χ3v) is 4.28. The van der Waals surface area contributed by atoms with Crippen LogP contribution < -0.4 is 0 Å². The number of likely N-dealkylation sites (N-methyl/N-ethyl adjacent to an activating group) is 4. The molecule has 9 heteroatoms. The molecule has 0 N–H and O–H groups in total. The van der Waals surface area contributed by atoms with Gasteiger partial charge in [-0.05, 0) is 83.3 Å². The Balaban J connectivity index is -0.0000000913. The van der Waals surface area contributed by atoms with Gasteiger partial charge in [0.1, 0.15) is 0 Å². The molecule has 0 saturated carbocycles. The van der Waals surface area contributed by atoms with E-state index >= 15 is 0 Å². The SMILES string of the molecule is CN(C)CCN(C)C.CN(C)CCN(C)C.[CH2-]C[N+](C[CH2-])(CC)CC.[Cl][Pt].[Cl][Pt]. The van der Waals surface area contributed by atoms with Crippen LogP contribution in [0.4, 0.5) is 0 Å². The third-order valence-electron chi connectivity index (χ3n) is 4.28. The summed E-state index contributed by atoms with van der Waals surface area (Å²) < 4.78 is 1.06. The average Bonchev–Trinajstić information content (AvgIpc) is 2.71. The van der Waals surface area contributed by atoms with E-state index < -0.39 is 0 Å². The molecular weight excluding hydrogens is 771 g/mol. The summed E-state index contributed by atoms with van der Waals surface area (Å²) in [4.78, 5) is 8.72. The molecule has 0 atom stereocenters. The molecule has 0 aliphatic heterocycles. The Bertz CT molecular complexity index is 220. The Labute approximate surface area is 215 Å². The molecule has 0 aromatic rings. The van der Waals surface area contributed by atoms with Crippen molar-refractivity contribution in [1.82, 2.24) is 19.6 Å². The van der Waals surface area contributed by atoms with Crippen LogP contribution in [0.1, 0.15) is 13.8 Å². The zero-order valence-electron chi connectivity index (χ0n) is 20.7. The number of quaternary nitrogens is 1. The molecule has 0 aliphatic rings. The second-order valence-corrected chi connectivity index (χ2v) is 7.63. The number of rotatable bonds is 10. The van der Waals surface area contributed by atoms with E-state index in [9.17, 15) is 0 Å². The van der Waals surface area contributed by atoms with Crippen LogP contribution in [0.5, 0.6) is 0 Å². The van der Waals surface area contributed by atoms with Gasteiger partial charge in [0.15, 0.2) is 0 Å². The van der Waals surface area contributed by atoms with Crippen LogP contribution in [-0.2, 0) is 37.5 Å². The third kappa shape index (κ3) is 40.6. The van der Waals surface area contributed by atoms with Crippen molar-refractivity contribution in [3.05, 3.63) is 13.8 Å². The molecule has 5 nitrogen and oxygen atoms in total. The minimum atomic E-state index is 0.969. The topological polar surface area (TPSA) is 13.0 Å². The normalized spacial score (nSPS) is 10.4. The summed E-state index contributed by atoms with van der Waals surface area (Å²) in [6.45, 7) is 21.0. The zero-order valence-corrected chi connectivity index (χ0v) is 26.8. The van der Waals surface area contributed by atoms with Crippen molar-refractivity contribution in [2.45, 2.75) is 13.8 Å². The fourth-order valence-electron chi connectivity index (χ4n) is 1.77. The molecule has 190 valence electrons. The first-order chi connectivity index (χ1) is 13.5. The van der Waals surface area contributed by atoms with Crippen LogP contribution in [0.3, 0.4) is 0 Å². The van der Waals surface area contributed by atoms with Gasteiger partial charge < -0.3 is 24.1 Å². The van der Waals surface area contributed by atoms with Gasteiger partial charge in [0.05, 0.1) is 13.1 Å². The van der Waals surface area contributed by atoms with Crippen LogP contribution in [0, 0.1) is 13.8 Å². The summed E-state index contributed by atoms with van der Waals surface area (Å²) in [6, 6.07) is 0. The van der Waals surface area contributed by atoms with Gasteiger partial charge in [-0.2, -0.15) is 0 Å². The standard InChI is InChI=1S/C8H18N.2C6H16N2.2ClH.2Pt/c1-5-9(6-2,7-3)8-4;2*1-7(2)5-6-8(3)4;;;;/h1-2,5-8H2,3-4H3;2*5-6H2,1-4H3;2*1H;;/q-1;;;;;2*+1/p-2. The first-order valence-electron chi connectivity index (χ1n) is 9.76. The maximum absolute atomic E-state index is 4.61. The molecule has 0 fully saturated rings. The van der Waals surface area contributed by atoms with Gasteiger partial charge in [-0.1, -0.05) is 0 Å². The Morgan fingerprint density at radius 1 is 0.552 bits per heavy atom. The van der Waals surface area contributed by atoms with E-state index in [-0.39, 0.29) is 0 Å². The summed E-state index contributed by atoms with van der Waals surface area (Å²) in [5, 5.41) is 0. The monoisotopic (exact) mass is 820 g/mol. The van der Waals surface area contributed by atoms with Gasteiger partial charge in [0.25, 0.3) is 0 Å². The molecule has 0 bridgehead atoms. The predicted octanol–water partition coefficient (Wildman–Crippen LogP) is 3.10. The molecule has 0 radical (unpaired) electrons. The van der Waals surface area contributed by atoms with E-state index in [2.05, 4.69) is 123 Å². The first-order valence-corrected chi connectivity index (χ1v) is 15.4. The fourth-order valence-corrected chi connectivity index (χ4v) is 1.77. The molecule has 0 aliphatic carbocycles. The molecular formula is C20H50Cl2N5Pt2-. The van der Waals surface area contributed by atoms with Crippen molar-refractivity contribution in [3.8, 4) is 0 Å². The number of hydrogen-bond donors (Lipinski definition) is 0. The summed E-state index contributed by atoms with van der Waals surface area (Å²) in [6.07, 6.45) is 0. The number of nitrogens with zero attached hydrogens (tertiary/aromatic N) is 5. The molecule has 0 rings (SSSR count). The average molecular weight is 822 g/mol. The minimum absolute atomic E-state index is 0.969. The van der Waals surface area contributed by atoms with Crippen molar-refractivity contribution in [2.75, 3.05) is 109 Å². The van der Waals surface area contributed by atoms with Crippen LogP contribution >= 0.6 is 18.8 Å². The summed E-state index contributed by atoms with van der Waals surface area (Å²) in [5.41, 5.74) is 0. The summed E-state index contributed by atoms with van der Waals surface area (Å²) in [5.74, 6) is 0. The molecule has 0 unspecified atom stereocenters. The van der Waals surface area contributed by atoms with E-state index in [0.717, 1.165) is 56.8 Å². The maximum atomic E-state index is 4.61. The predicted molar refractivity (Wildman–Crippen MR) is 128 cm³/mol. The van der Waals surface area contributed by atoms with E-state index in [0.29, 0.717) is 0 Å².